The number of benzene rings is 9. The predicted octanol–water partition coefficient (Wildman–Crippen LogP) is 15.1. The molecule has 0 saturated heterocycles. The molecule has 0 amide bonds. The fourth-order valence-corrected chi connectivity index (χ4v) is 10.8. The molecule has 80 heavy (non-hydrogen) atoms. The minimum absolute atomic E-state index is 0.178. The molecule has 0 aromatic heterocycles. The van der Waals surface area contributed by atoms with Crippen LogP contribution in [0.2, 0.25) is 0 Å². The molecule has 11 aromatic rings. The van der Waals surface area contributed by atoms with Gasteiger partial charge in [0.2, 0.25) is 0 Å². The van der Waals surface area contributed by atoms with Gasteiger partial charge in [-0.2, -0.15) is 42.1 Å². The molecule has 22 heteroatoms. The lowest BCUT2D eigenvalue weighted by Gasteiger charge is -2.21. The fourth-order valence-electron chi connectivity index (χ4n) is 10.8. The maximum atomic E-state index is 17.9. The molecule has 0 aliphatic carbocycles. The standard InChI is InChI=1S/C58H8F14N8/c59-45-23(13-77)48(62)54(68)42-38(44-57(71)51(65)26(16-80)52(66)58(44)72)32-28(20-7-3-18(10-74)4-8-20)22(12-76)30-34(32)35(39(42)45)29-21(11-75)27(19-5-1-17(9-73)2-6-19)31-33(29)36(30)40-41(53(67)47(61)24(14-78)46(40)60)37(31)43-55(69)49(63)25(15-79)50(64)56(43)70/h1-8H. The Hall–Kier alpha value is -11.6. The lowest BCUT2D eigenvalue weighted by atomic mass is 9.82. The van der Waals surface area contributed by atoms with Gasteiger partial charge in [-0.25, -0.2) is 61.5 Å². The normalized spacial score (nSPS) is 11.3. The molecule has 0 fully saturated rings. The van der Waals surface area contributed by atoms with Crippen molar-refractivity contribution in [3.05, 3.63) is 174 Å². The quantitative estimate of drug-likeness (QED) is 0.0719. The first-order valence-electron chi connectivity index (χ1n) is 22.1. The molecule has 0 bridgehead atoms. The van der Waals surface area contributed by atoms with E-state index in [1.165, 1.54) is 0 Å². The Morgan fingerprint density at radius 3 is 0.700 bits per heavy atom. The summed E-state index contributed by atoms with van der Waals surface area (Å²) in [7, 11) is 0. The van der Waals surface area contributed by atoms with E-state index in [9.17, 15) is 42.1 Å². The van der Waals surface area contributed by atoms with Crippen LogP contribution in [0.5, 0.6) is 0 Å². The number of rotatable bonds is 4. The summed E-state index contributed by atoms with van der Waals surface area (Å²) in [5.41, 5.74) is -20.3. The monoisotopic (exact) mass is 1080 g/mol. The maximum absolute atomic E-state index is 17.9. The molecule has 0 spiro atoms. The first kappa shape index (κ1) is 50.6. The van der Waals surface area contributed by atoms with E-state index >= 15 is 61.5 Å². The zero-order chi connectivity index (χ0) is 57.6. The van der Waals surface area contributed by atoms with Crippen LogP contribution in [-0.4, -0.2) is 0 Å². The highest BCUT2D eigenvalue weighted by molar-refractivity contribution is 6.51. The highest BCUT2D eigenvalue weighted by Gasteiger charge is 2.42. The average Bonchev–Trinajstić information content (AvgIpc) is 4.21. The second-order valence-electron chi connectivity index (χ2n) is 17.4. The van der Waals surface area contributed by atoms with Gasteiger partial charge >= 0.3 is 0 Å². The Labute approximate surface area is 434 Å². The van der Waals surface area contributed by atoms with Crippen LogP contribution in [0.1, 0.15) is 44.5 Å². The van der Waals surface area contributed by atoms with Gasteiger partial charge in [0.25, 0.3) is 0 Å². The van der Waals surface area contributed by atoms with Crippen LogP contribution in [0.15, 0.2) is 48.5 Å². The van der Waals surface area contributed by atoms with E-state index in [2.05, 4.69) is 0 Å². The van der Waals surface area contributed by atoms with E-state index in [0.29, 0.717) is 0 Å². The van der Waals surface area contributed by atoms with Crippen LogP contribution in [0.4, 0.5) is 61.5 Å². The van der Waals surface area contributed by atoms with Crippen molar-refractivity contribution < 1.29 is 61.5 Å². The number of hydrogen-bond acceptors (Lipinski definition) is 8. The van der Waals surface area contributed by atoms with E-state index in [0.717, 1.165) is 72.8 Å². The van der Waals surface area contributed by atoms with Crippen molar-refractivity contribution in [2.75, 3.05) is 0 Å². The van der Waals surface area contributed by atoms with E-state index in [-0.39, 0.29) is 11.1 Å². The highest BCUT2D eigenvalue weighted by Crippen LogP contribution is 2.62. The van der Waals surface area contributed by atoms with Gasteiger partial charge in [0.05, 0.1) is 45.5 Å². The summed E-state index contributed by atoms with van der Waals surface area (Å²) in [6.07, 6.45) is 0. The van der Waals surface area contributed by atoms with Crippen molar-refractivity contribution in [2.45, 2.75) is 0 Å². The summed E-state index contributed by atoms with van der Waals surface area (Å²) in [6, 6.07) is 18.7. The Bertz CT molecular complexity index is 4810. The second-order valence-corrected chi connectivity index (χ2v) is 17.4. The Morgan fingerprint density at radius 1 is 0.188 bits per heavy atom. The zero-order valence-electron chi connectivity index (χ0n) is 38.5. The van der Waals surface area contributed by atoms with Gasteiger partial charge in [-0.3, -0.25) is 0 Å². The number of nitrogens with zero attached hydrogens (tertiary/aromatic N) is 8. The third-order valence-electron chi connectivity index (χ3n) is 13.9. The van der Waals surface area contributed by atoms with Crippen molar-refractivity contribution >= 4 is 64.6 Å². The molecule has 0 aliphatic heterocycles. The van der Waals surface area contributed by atoms with Crippen molar-refractivity contribution in [1.29, 1.82) is 42.1 Å². The summed E-state index contributed by atoms with van der Waals surface area (Å²) in [5, 5.41) is 66.3. The van der Waals surface area contributed by atoms with E-state index < -0.39 is 224 Å². The molecular weight excluding hydrogens is 1070 g/mol. The van der Waals surface area contributed by atoms with E-state index in [4.69, 9.17) is 0 Å². The van der Waals surface area contributed by atoms with Gasteiger partial charge in [0.15, 0.2) is 81.4 Å². The molecule has 8 nitrogen and oxygen atoms in total. The van der Waals surface area contributed by atoms with Crippen LogP contribution in [0.3, 0.4) is 0 Å². The Morgan fingerprint density at radius 2 is 0.438 bits per heavy atom. The van der Waals surface area contributed by atoms with E-state index in [1.54, 1.807) is 24.3 Å². The second kappa shape index (κ2) is 17.5. The molecule has 11 rings (SSSR count). The van der Waals surface area contributed by atoms with Gasteiger partial charge in [-0.15, -0.1) is 0 Å². The minimum atomic E-state index is -2.59. The van der Waals surface area contributed by atoms with E-state index in [1.807, 2.05) is 0 Å². The molecule has 0 saturated carbocycles. The Balaban J connectivity index is 1.67. The van der Waals surface area contributed by atoms with Crippen LogP contribution in [-0.2, 0) is 0 Å². The van der Waals surface area contributed by atoms with Crippen LogP contribution in [0, 0.1) is 172 Å². The zero-order valence-corrected chi connectivity index (χ0v) is 38.5. The fraction of sp³-hybridized carbons (Fsp3) is 0. The molecule has 0 radical (unpaired) electrons. The number of nitriles is 8. The van der Waals surface area contributed by atoms with Crippen molar-refractivity contribution in [1.82, 2.24) is 0 Å². The van der Waals surface area contributed by atoms with Gasteiger partial charge in [-0.05, 0) is 35.4 Å². The number of hydrogen-bond donors (Lipinski definition) is 0. The summed E-state index contributed by atoms with van der Waals surface area (Å²) in [5.74, 6) is -34.8. The van der Waals surface area contributed by atoms with Crippen molar-refractivity contribution in [2.24, 2.45) is 0 Å². The SMILES string of the molecule is N#Cc1ccc(-c2c(C#N)c3c4c2c(-c2c(F)c(F)c(C#N)c(F)c2F)c2c(F)c(F)c(C#N)c(F)c2c4c2c(C#N)c(-c4ccc(C#N)cc4)c4c(-c5c(F)c(F)c(C#N)c(F)c5F)c5c(F)c(F)c(C#N)c(F)c5c3c42)cc1. The summed E-state index contributed by atoms with van der Waals surface area (Å²) >= 11 is 0. The van der Waals surface area contributed by atoms with Gasteiger partial charge in [-0.1, -0.05) is 24.3 Å². The highest BCUT2D eigenvalue weighted by atomic mass is 19.2. The third-order valence-corrected chi connectivity index (χ3v) is 13.9. The molecule has 0 N–H and O–H groups in total. The Kier molecular flexibility index (Phi) is 11.1. The smallest absolute Gasteiger partial charge is 0.180 e. The molecule has 0 atom stereocenters. The van der Waals surface area contributed by atoms with Crippen molar-refractivity contribution in [3.63, 3.8) is 0 Å². The maximum Gasteiger partial charge on any atom is 0.180 e. The van der Waals surface area contributed by atoms with Gasteiger partial charge in [0.1, 0.15) is 58.7 Å². The number of fused-ring (bicyclic) bond motifs is 6. The molecule has 0 unspecified atom stereocenters. The molecule has 11 aromatic carbocycles. The first-order chi connectivity index (χ1) is 38.3. The lowest BCUT2D eigenvalue weighted by molar-refractivity contribution is 0.454. The third kappa shape index (κ3) is 6.07. The van der Waals surface area contributed by atoms with Gasteiger partial charge in [0, 0.05) is 86.9 Å². The van der Waals surface area contributed by atoms with Crippen LogP contribution in [0.25, 0.3) is 109 Å². The molecular formula is C58H8F14N8. The van der Waals surface area contributed by atoms with Crippen LogP contribution >= 0.6 is 0 Å². The predicted molar refractivity (Wildman–Crippen MR) is 253 cm³/mol. The van der Waals surface area contributed by atoms with Gasteiger partial charge < -0.3 is 0 Å². The summed E-state index contributed by atoms with van der Waals surface area (Å²) < 4.78 is 236. The summed E-state index contributed by atoms with van der Waals surface area (Å²) in [4.78, 5) is 0. The first-order valence-corrected chi connectivity index (χ1v) is 22.1. The lowest BCUT2D eigenvalue weighted by Crippen LogP contribution is -2.07. The van der Waals surface area contributed by atoms with Crippen LogP contribution < -0.4 is 0 Å². The minimum Gasteiger partial charge on any atom is -0.205 e. The largest absolute Gasteiger partial charge is 0.205 e. The molecule has 0 aliphatic rings. The molecule has 378 valence electrons. The molecule has 0 heterocycles. The summed E-state index contributed by atoms with van der Waals surface area (Å²) in [6.45, 7) is 0. The average molecular weight is 1080 g/mol. The number of halogens is 14. The topological polar surface area (TPSA) is 190 Å². The van der Waals surface area contributed by atoms with Crippen molar-refractivity contribution in [3.8, 4) is 93.1 Å².